The van der Waals surface area contributed by atoms with E-state index in [1.165, 1.54) is 77.5 Å². The highest BCUT2D eigenvalue weighted by atomic mass is 15.1. The van der Waals surface area contributed by atoms with Crippen molar-refractivity contribution < 1.29 is 0 Å². The highest BCUT2D eigenvalue weighted by Crippen LogP contribution is 2.24. The maximum absolute atomic E-state index is 3.78. The minimum Gasteiger partial charge on any atom is -0.313 e. The van der Waals surface area contributed by atoms with Gasteiger partial charge in [0.15, 0.2) is 0 Å². The smallest absolute Gasteiger partial charge is 0.0107 e. The molecule has 0 bridgehead atoms. The van der Waals surface area contributed by atoms with E-state index in [9.17, 15) is 0 Å². The van der Waals surface area contributed by atoms with Gasteiger partial charge in [-0.15, -0.1) is 0 Å². The lowest BCUT2D eigenvalue weighted by molar-refractivity contribution is 0.261. The Bertz CT molecular complexity index is 233. The van der Waals surface area contributed by atoms with Crippen LogP contribution in [-0.4, -0.2) is 37.1 Å². The number of rotatable bonds is 5. The van der Waals surface area contributed by atoms with Crippen LogP contribution in [0.5, 0.6) is 0 Å². The van der Waals surface area contributed by atoms with Crippen LogP contribution in [0, 0.1) is 11.8 Å². The molecule has 1 aliphatic carbocycles. The Morgan fingerprint density at radius 1 is 0.947 bits per heavy atom. The number of nitrogens with one attached hydrogen (secondary N) is 1. The summed E-state index contributed by atoms with van der Waals surface area (Å²) >= 11 is 0. The van der Waals surface area contributed by atoms with E-state index >= 15 is 0 Å². The first-order valence-corrected chi connectivity index (χ1v) is 8.71. The minimum atomic E-state index is 0.823. The van der Waals surface area contributed by atoms with Gasteiger partial charge in [-0.3, -0.25) is 0 Å². The molecule has 1 aliphatic heterocycles. The average Bonchev–Trinajstić information content (AvgIpc) is 2.66. The zero-order valence-electron chi connectivity index (χ0n) is 13.2. The molecule has 1 atom stereocenters. The van der Waals surface area contributed by atoms with E-state index in [1.54, 1.807) is 0 Å². The first-order valence-electron chi connectivity index (χ1n) is 8.71. The van der Waals surface area contributed by atoms with Crippen LogP contribution in [0.25, 0.3) is 0 Å². The van der Waals surface area contributed by atoms with Crippen LogP contribution in [0.2, 0.25) is 0 Å². The van der Waals surface area contributed by atoms with E-state index in [0.717, 1.165) is 17.9 Å². The molecule has 1 N–H and O–H groups in total. The molecule has 1 unspecified atom stereocenters. The lowest BCUT2D eigenvalue weighted by Crippen LogP contribution is -2.38. The van der Waals surface area contributed by atoms with Crippen LogP contribution < -0.4 is 5.32 Å². The Hall–Kier alpha value is -0.0800. The quantitative estimate of drug-likeness (QED) is 0.817. The summed E-state index contributed by atoms with van der Waals surface area (Å²) in [5.74, 6) is 1.84. The summed E-state index contributed by atoms with van der Waals surface area (Å²) in [6.45, 7) is 9.92. The van der Waals surface area contributed by atoms with Gasteiger partial charge in [-0.1, -0.05) is 33.1 Å². The third kappa shape index (κ3) is 5.43. The van der Waals surface area contributed by atoms with Gasteiger partial charge >= 0.3 is 0 Å². The van der Waals surface area contributed by atoms with Gasteiger partial charge in [0.05, 0.1) is 0 Å². The average molecular weight is 266 g/mol. The van der Waals surface area contributed by atoms with E-state index in [1.807, 2.05) is 0 Å². The zero-order valence-corrected chi connectivity index (χ0v) is 13.2. The molecule has 1 saturated heterocycles. The molecule has 0 aromatic rings. The second-order valence-corrected chi connectivity index (χ2v) is 7.07. The van der Waals surface area contributed by atoms with Gasteiger partial charge in [0.1, 0.15) is 0 Å². The Kier molecular flexibility index (Phi) is 6.66. The number of nitrogens with zero attached hydrogens (tertiary/aromatic N) is 1. The van der Waals surface area contributed by atoms with Crippen LogP contribution in [0.1, 0.15) is 65.2 Å². The summed E-state index contributed by atoms with van der Waals surface area (Å²) in [7, 11) is 0. The van der Waals surface area contributed by atoms with Gasteiger partial charge < -0.3 is 10.2 Å². The third-order valence-electron chi connectivity index (χ3n) is 5.27. The van der Waals surface area contributed by atoms with Crippen LogP contribution in [0.15, 0.2) is 0 Å². The lowest BCUT2D eigenvalue weighted by Gasteiger charge is -2.26. The highest BCUT2D eigenvalue weighted by molar-refractivity contribution is 4.75. The van der Waals surface area contributed by atoms with Crippen molar-refractivity contribution in [3.05, 3.63) is 0 Å². The van der Waals surface area contributed by atoms with Crippen LogP contribution in [-0.2, 0) is 0 Å². The molecule has 2 nitrogen and oxygen atoms in total. The summed E-state index contributed by atoms with van der Waals surface area (Å²) in [5.41, 5.74) is 0. The number of likely N-dealkylation sites (tertiary alicyclic amines) is 1. The predicted octanol–water partition coefficient (Wildman–Crippen LogP) is 3.67. The highest BCUT2D eigenvalue weighted by Gasteiger charge is 2.19. The van der Waals surface area contributed by atoms with Crippen LogP contribution in [0.3, 0.4) is 0 Å². The Morgan fingerprint density at radius 3 is 2.47 bits per heavy atom. The standard InChI is InChI=1S/C17H34N2/c1-15(2)16-7-6-12-19(13-10-16)14-11-18-17-8-4-3-5-9-17/h15-18H,3-14H2,1-2H3. The molecule has 0 aromatic carbocycles. The van der Waals surface area contributed by atoms with Gasteiger partial charge in [0.2, 0.25) is 0 Å². The Labute approximate surface area is 120 Å². The summed E-state index contributed by atoms with van der Waals surface area (Å²) < 4.78 is 0. The van der Waals surface area contributed by atoms with Crippen molar-refractivity contribution in [2.45, 2.75) is 71.3 Å². The van der Waals surface area contributed by atoms with Gasteiger partial charge in [-0.25, -0.2) is 0 Å². The van der Waals surface area contributed by atoms with E-state index in [0.29, 0.717) is 0 Å². The Balaban J connectivity index is 1.60. The topological polar surface area (TPSA) is 15.3 Å². The summed E-state index contributed by atoms with van der Waals surface area (Å²) in [6.07, 6.45) is 11.4. The van der Waals surface area contributed by atoms with E-state index < -0.39 is 0 Å². The van der Waals surface area contributed by atoms with Crippen molar-refractivity contribution in [3.8, 4) is 0 Å². The summed E-state index contributed by atoms with van der Waals surface area (Å²) in [4.78, 5) is 2.69. The largest absolute Gasteiger partial charge is 0.313 e. The monoisotopic (exact) mass is 266 g/mol. The fourth-order valence-electron chi connectivity index (χ4n) is 3.81. The molecular weight excluding hydrogens is 232 g/mol. The molecule has 1 heterocycles. The van der Waals surface area contributed by atoms with Gasteiger partial charge in [0.25, 0.3) is 0 Å². The molecule has 0 radical (unpaired) electrons. The fraction of sp³-hybridized carbons (Fsp3) is 1.00. The lowest BCUT2D eigenvalue weighted by atomic mass is 9.89. The molecule has 2 rings (SSSR count). The zero-order chi connectivity index (χ0) is 13.5. The van der Waals surface area contributed by atoms with Gasteiger partial charge in [-0.05, 0) is 57.0 Å². The van der Waals surface area contributed by atoms with Crippen molar-refractivity contribution >= 4 is 0 Å². The van der Waals surface area contributed by atoms with Crippen molar-refractivity contribution in [1.29, 1.82) is 0 Å². The molecular formula is C17H34N2. The SMILES string of the molecule is CC(C)C1CCCN(CCNC2CCCCC2)CC1. The maximum Gasteiger partial charge on any atom is 0.0107 e. The summed E-state index contributed by atoms with van der Waals surface area (Å²) in [5, 5.41) is 3.78. The summed E-state index contributed by atoms with van der Waals surface area (Å²) in [6, 6.07) is 0.823. The van der Waals surface area contributed by atoms with Crippen molar-refractivity contribution in [2.75, 3.05) is 26.2 Å². The van der Waals surface area contributed by atoms with Crippen LogP contribution in [0.4, 0.5) is 0 Å². The van der Waals surface area contributed by atoms with Crippen molar-refractivity contribution in [1.82, 2.24) is 10.2 Å². The Morgan fingerprint density at radius 2 is 1.74 bits per heavy atom. The molecule has 19 heavy (non-hydrogen) atoms. The van der Waals surface area contributed by atoms with Crippen molar-refractivity contribution in [2.24, 2.45) is 11.8 Å². The van der Waals surface area contributed by atoms with Gasteiger partial charge in [-0.2, -0.15) is 0 Å². The number of hydrogen-bond acceptors (Lipinski definition) is 2. The molecule has 112 valence electrons. The third-order valence-corrected chi connectivity index (χ3v) is 5.27. The molecule has 0 spiro atoms. The maximum atomic E-state index is 3.78. The molecule has 2 heteroatoms. The van der Waals surface area contributed by atoms with E-state index in [2.05, 4.69) is 24.1 Å². The van der Waals surface area contributed by atoms with E-state index in [4.69, 9.17) is 0 Å². The normalized spacial score (nSPS) is 27.6. The van der Waals surface area contributed by atoms with E-state index in [-0.39, 0.29) is 0 Å². The second kappa shape index (κ2) is 8.26. The second-order valence-electron chi connectivity index (χ2n) is 7.07. The van der Waals surface area contributed by atoms with Gasteiger partial charge in [0, 0.05) is 19.1 Å². The molecule has 0 amide bonds. The first-order chi connectivity index (χ1) is 9.25. The molecule has 2 aliphatic rings. The predicted molar refractivity (Wildman–Crippen MR) is 83.5 cm³/mol. The first kappa shape index (κ1) is 15.3. The molecule has 2 fully saturated rings. The van der Waals surface area contributed by atoms with Crippen LogP contribution >= 0.6 is 0 Å². The fourth-order valence-corrected chi connectivity index (χ4v) is 3.81. The molecule has 0 aromatic heterocycles. The van der Waals surface area contributed by atoms with Crippen molar-refractivity contribution in [3.63, 3.8) is 0 Å². The molecule has 1 saturated carbocycles. The number of hydrogen-bond donors (Lipinski definition) is 1. The minimum absolute atomic E-state index is 0.823.